The van der Waals surface area contributed by atoms with Crippen molar-refractivity contribution in [3.63, 3.8) is 0 Å². The van der Waals surface area contributed by atoms with E-state index in [0.717, 1.165) is 0 Å². The SMILES string of the molecule is CCOc1cc(NC(C)=O)ccc1C(=O)NN1C(=O)C(Oc2ccccc2)C1c1ccc(O)cc1. The maximum Gasteiger partial charge on any atom is 0.285 e. The monoisotopic (exact) mass is 475 g/mol. The van der Waals surface area contributed by atoms with Crippen LogP contribution < -0.4 is 20.2 Å². The Hall–Kier alpha value is -4.53. The number of amides is 3. The number of carbonyl (C=O) groups is 3. The minimum Gasteiger partial charge on any atom is -0.508 e. The van der Waals surface area contributed by atoms with Gasteiger partial charge < -0.3 is 19.9 Å². The summed E-state index contributed by atoms with van der Waals surface area (Å²) in [6.07, 6.45) is -0.865. The summed E-state index contributed by atoms with van der Waals surface area (Å²) < 4.78 is 11.5. The molecule has 0 bridgehead atoms. The zero-order valence-electron chi connectivity index (χ0n) is 19.2. The standard InChI is InChI=1S/C26H25N3O6/c1-3-34-22-15-18(27-16(2)30)11-14-21(22)25(32)28-29-23(17-9-12-19(31)13-10-17)24(26(29)33)35-20-7-5-4-6-8-20/h4-15,23-24,31H,3H2,1-2H3,(H,27,30)(H,28,32). The van der Waals surface area contributed by atoms with Crippen LogP contribution in [-0.2, 0) is 9.59 Å². The van der Waals surface area contributed by atoms with Crippen LogP contribution in [0.2, 0.25) is 0 Å². The molecule has 0 saturated carbocycles. The van der Waals surface area contributed by atoms with E-state index in [4.69, 9.17) is 9.47 Å². The van der Waals surface area contributed by atoms with Crippen LogP contribution in [0.3, 0.4) is 0 Å². The number of nitrogens with zero attached hydrogens (tertiary/aromatic N) is 1. The van der Waals surface area contributed by atoms with Gasteiger partial charge in [-0.15, -0.1) is 0 Å². The smallest absolute Gasteiger partial charge is 0.285 e. The topological polar surface area (TPSA) is 117 Å². The molecule has 1 heterocycles. The summed E-state index contributed by atoms with van der Waals surface area (Å²) in [4.78, 5) is 37.6. The molecule has 2 atom stereocenters. The first kappa shape index (κ1) is 23.6. The molecule has 0 spiro atoms. The van der Waals surface area contributed by atoms with Gasteiger partial charge in [0.1, 0.15) is 23.3 Å². The van der Waals surface area contributed by atoms with Crippen LogP contribution in [0.4, 0.5) is 5.69 Å². The van der Waals surface area contributed by atoms with E-state index in [1.54, 1.807) is 55.5 Å². The Morgan fingerprint density at radius 1 is 1.03 bits per heavy atom. The summed E-state index contributed by atoms with van der Waals surface area (Å²) in [5.74, 6) is -0.366. The molecule has 35 heavy (non-hydrogen) atoms. The Balaban J connectivity index is 1.59. The van der Waals surface area contributed by atoms with E-state index < -0.39 is 24.0 Å². The van der Waals surface area contributed by atoms with E-state index in [0.29, 0.717) is 23.6 Å². The second-order valence-electron chi connectivity index (χ2n) is 7.86. The average molecular weight is 476 g/mol. The highest BCUT2D eigenvalue weighted by Gasteiger charge is 2.51. The first-order valence-electron chi connectivity index (χ1n) is 11.1. The van der Waals surface area contributed by atoms with Crippen LogP contribution >= 0.6 is 0 Å². The number of hydrogen-bond donors (Lipinski definition) is 3. The maximum absolute atomic E-state index is 13.2. The van der Waals surface area contributed by atoms with Crippen LogP contribution in [0, 0.1) is 0 Å². The van der Waals surface area contributed by atoms with Gasteiger partial charge in [-0.05, 0) is 48.9 Å². The second kappa shape index (κ2) is 10.2. The Morgan fingerprint density at radius 3 is 2.40 bits per heavy atom. The van der Waals surface area contributed by atoms with Crippen molar-refractivity contribution < 1.29 is 29.0 Å². The predicted octanol–water partition coefficient (Wildman–Crippen LogP) is 3.43. The molecule has 3 N–H and O–H groups in total. The van der Waals surface area contributed by atoms with E-state index in [1.165, 1.54) is 30.1 Å². The number of phenols is 1. The summed E-state index contributed by atoms with van der Waals surface area (Å²) in [5.41, 5.74) is 4.01. The van der Waals surface area contributed by atoms with Gasteiger partial charge in [0.2, 0.25) is 12.0 Å². The highest BCUT2D eigenvalue weighted by molar-refractivity contribution is 6.00. The Labute approximate surface area is 202 Å². The van der Waals surface area contributed by atoms with Crippen LogP contribution in [0.25, 0.3) is 0 Å². The Kier molecular flexibility index (Phi) is 6.86. The molecule has 9 heteroatoms. The number of hydrazine groups is 1. The van der Waals surface area contributed by atoms with Crippen molar-refractivity contribution in [2.24, 2.45) is 0 Å². The van der Waals surface area contributed by atoms with Crippen molar-refractivity contribution in [2.45, 2.75) is 26.0 Å². The molecule has 9 nitrogen and oxygen atoms in total. The lowest BCUT2D eigenvalue weighted by molar-refractivity contribution is -0.169. The normalized spacial score (nSPS) is 16.7. The molecule has 3 amide bonds. The lowest BCUT2D eigenvalue weighted by atomic mass is 9.92. The Morgan fingerprint density at radius 2 is 1.74 bits per heavy atom. The predicted molar refractivity (Wildman–Crippen MR) is 128 cm³/mol. The number of hydrogen-bond acceptors (Lipinski definition) is 6. The zero-order chi connectivity index (χ0) is 24.9. The zero-order valence-corrected chi connectivity index (χ0v) is 19.2. The van der Waals surface area contributed by atoms with E-state index in [9.17, 15) is 19.5 Å². The van der Waals surface area contributed by atoms with Gasteiger partial charge in [0, 0.05) is 18.7 Å². The fourth-order valence-electron chi connectivity index (χ4n) is 3.78. The molecule has 1 fully saturated rings. The van der Waals surface area contributed by atoms with Crippen LogP contribution in [0.15, 0.2) is 72.8 Å². The highest BCUT2D eigenvalue weighted by Crippen LogP contribution is 2.37. The molecule has 1 saturated heterocycles. The largest absolute Gasteiger partial charge is 0.508 e. The average Bonchev–Trinajstić information content (AvgIpc) is 2.84. The summed E-state index contributed by atoms with van der Waals surface area (Å²) in [5, 5.41) is 13.5. The van der Waals surface area contributed by atoms with Gasteiger partial charge in [-0.3, -0.25) is 19.8 Å². The number of phenolic OH excluding ortho intramolecular Hbond substituents is 1. The van der Waals surface area contributed by atoms with Crippen molar-refractivity contribution in [2.75, 3.05) is 11.9 Å². The number of para-hydroxylation sites is 1. The van der Waals surface area contributed by atoms with E-state index in [2.05, 4.69) is 10.7 Å². The summed E-state index contributed by atoms with van der Waals surface area (Å²) in [6.45, 7) is 3.46. The lowest BCUT2D eigenvalue weighted by Gasteiger charge is -2.46. The van der Waals surface area contributed by atoms with E-state index in [-0.39, 0.29) is 23.0 Å². The molecule has 180 valence electrons. The third-order valence-electron chi connectivity index (χ3n) is 5.36. The molecular weight excluding hydrogens is 450 g/mol. The quantitative estimate of drug-likeness (QED) is 0.430. The number of carbonyl (C=O) groups excluding carboxylic acids is 3. The molecule has 3 aromatic rings. The van der Waals surface area contributed by atoms with Crippen LogP contribution in [-0.4, -0.2) is 40.5 Å². The van der Waals surface area contributed by atoms with Gasteiger partial charge in [0.05, 0.1) is 12.2 Å². The first-order chi connectivity index (χ1) is 16.9. The molecular formula is C26H25N3O6. The van der Waals surface area contributed by atoms with Crippen molar-refractivity contribution in [1.82, 2.24) is 10.4 Å². The fourth-order valence-corrected chi connectivity index (χ4v) is 3.78. The number of β-lactam (4-membered cyclic amide) rings is 1. The molecule has 0 aliphatic carbocycles. The maximum atomic E-state index is 13.2. The number of ether oxygens (including phenoxy) is 2. The summed E-state index contributed by atoms with van der Waals surface area (Å²) >= 11 is 0. The van der Waals surface area contributed by atoms with E-state index in [1.807, 2.05) is 6.07 Å². The molecule has 3 aromatic carbocycles. The van der Waals surface area contributed by atoms with Gasteiger partial charge in [0.25, 0.3) is 11.8 Å². The number of aromatic hydroxyl groups is 1. The Bertz CT molecular complexity index is 1230. The van der Waals surface area contributed by atoms with Crippen molar-refractivity contribution in [1.29, 1.82) is 0 Å². The van der Waals surface area contributed by atoms with Gasteiger partial charge in [-0.2, -0.15) is 0 Å². The van der Waals surface area contributed by atoms with E-state index >= 15 is 0 Å². The minimum atomic E-state index is -0.865. The summed E-state index contributed by atoms with van der Waals surface area (Å²) in [6, 6.07) is 19.3. The fraction of sp³-hybridized carbons (Fsp3) is 0.192. The van der Waals surface area contributed by atoms with Crippen molar-refractivity contribution in [3.8, 4) is 17.2 Å². The number of nitrogens with one attached hydrogen (secondary N) is 2. The number of anilines is 1. The number of benzene rings is 3. The van der Waals surface area contributed by atoms with Crippen molar-refractivity contribution >= 4 is 23.4 Å². The molecule has 1 aliphatic heterocycles. The van der Waals surface area contributed by atoms with Gasteiger partial charge >= 0.3 is 0 Å². The molecule has 0 radical (unpaired) electrons. The minimum absolute atomic E-state index is 0.0797. The molecule has 4 rings (SSSR count). The van der Waals surface area contributed by atoms with Crippen molar-refractivity contribution in [3.05, 3.63) is 83.9 Å². The van der Waals surface area contributed by atoms with Crippen LogP contribution in [0.5, 0.6) is 17.2 Å². The molecule has 2 unspecified atom stereocenters. The summed E-state index contributed by atoms with van der Waals surface area (Å²) in [7, 11) is 0. The lowest BCUT2D eigenvalue weighted by Crippen LogP contribution is -2.67. The van der Waals surface area contributed by atoms with Crippen LogP contribution in [0.1, 0.15) is 35.8 Å². The van der Waals surface area contributed by atoms with Gasteiger partial charge in [0.15, 0.2) is 0 Å². The number of rotatable bonds is 8. The van der Waals surface area contributed by atoms with Gasteiger partial charge in [-0.25, -0.2) is 5.01 Å². The molecule has 0 aromatic heterocycles. The third-order valence-corrected chi connectivity index (χ3v) is 5.36. The first-order valence-corrected chi connectivity index (χ1v) is 11.1. The second-order valence-corrected chi connectivity index (χ2v) is 7.86. The third kappa shape index (κ3) is 5.19. The van der Waals surface area contributed by atoms with Gasteiger partial charge in [-0.1, -0.05) is 30.3 Å². The highest BCUT2D eigenvalue weighted by atomic mass is 16.5. The molecule has 1 aliphatic rings.